The van der Waals surface area contributed by atoms with Crippen molar-refractivity contribution in [3.05, 3.63) is 30.5 Å². The third-order valence-electron chi connectivity index (χ3n) is 2.47. The molecule has 0 saturated heterocycles. The van der Waals surface area contributed by atoms with Crippen molar-refractivity contribution in [2.24, 2.45) is 0 Å². The van der Waals surface area contributed by atoms with Crippen LogP contribution in [0.25, 0.3) is 10.8 Å². The second kappa shape index (κ2) is 4.69. The first-order chi connectivity index (χ1) is 8.22. The Balaban J connectivity index is 2.34. The number of esters is 1. The summed E-state index contributed by atoms with van der Waals surface area (Å²) >= 11 is 0. The van der Waals surface area contributed by atoms with Crippen molar-refractivity contribution in [2.75, 3.05) is 24.7 Å². The number of rotatable bonds is 3. The normalized spacial score (nSPS) is 10.2. The number of fused-ring (bicyclic) bond motifs is 1. The van der Waals surface area contributed by atoms with Gasteiger partial charge in [0.2, 0.25) is 0 Å². The van der Waals surface area contributed by atoms with Gasteiger partial charge in [0.15, 0.2) is 0 Å². The minimum absolute atomic E-state index is 0.0808. The molecule has 0 aliphatic rings. The lowest BCUT2D eigenvalue weighted by atomic mass is 10.1. The van der Waals surface area contributed by atoms with Gasteiger partial charge in [-0.25, -0.2) is 4.98 Å². The molecule has 0 spiro atoms. The lowest BCUT2D eigenvalue weighted by molar-refractivity contribution is -0.138. The molecule has 0 saturated carbocycles. The number of carbonyl (C=O) groups is 1. The second-order valence-corrected chi connectivity index (χ2v) is 3.53. The van der Waals surface area contributed by atoms with E-state index in [0.29, 0.717) is 11.5 Å². The van der Waals surface area contributed by atoms with Crippen LogP contribution in [0.4, 0.5) is 11.5 Å². The molecular formula is C12H13N3O2. The van der Waals surface area contributed by atoms with Gasteiger partial charge < -0.3 is 15.8 Å². The lowest BCUT2D eigenvalue weighted by Crippen LogP contribution is -2.15. The van der Waals surface area contributed by atoms with Gasteiger partial charge in [-0.1, -0.05) is 12.1 Å². The smallest absolute Gasteiger partial charge is 0.325 e. The molecule has 0 aliphatic carbocycles. The van der Waals surface area contributed by atoms with Crippen LogP contribution in [0.3, 0.4) is 0 Å². The average Bonchev–Trinajstić information content (AvgIpc) is 2.36. The summed E-state index contributed by atoms with van der Waals surface area (Å²) in [6.45, 7) is 0.0808. The number of nitrogens with one attached hydrogen (secondary N) is 1. The first kappa shape index (κ1) is 11.2. The number of nitrogen functional groups attached to an aromatic ring is 1. The van der Waals surface area contributed by atoms with Crippen molar-refractivity contribution in [1.29, 1.82) is 0 Å². The van der Waals surface area contributed by atoms with Crippen LogP contribution in [0.2, 0.25) is 0 Å². The van der Waals surface area contributed by atoms with E-state index in [1.807, 2.05) is 24.3 Å². The summed E-state index contributed by atoms with van der Waals surface area (Å²) < 4.78 is 4.55. The van der Waals surface area contributed by atoms with Gasteiger partial charge >= 0.3 is 5.97 Å². The molecule has 1 aromatic carbocycles. The highest BCUT2D eigenvalue weighted by molar-refractivity contribution is 5.99. The summed E-state index contributed by atoms with van der Waals surface area (Å²) in [7, 11) is 1.35. The van der Waals surface area contributed by atoms with Crippen molar-refractivity contribution in [3.8, 4) is 0 Å². The van der Waals surface area contributed by atoms with Gasteiger partial charge in [0.25, 0.3) is 0 Å². The average molecular weight is 231 g/mol. The van der Waals surface area contributed by atoms with Gasteiger partial charge in [-0.2, -0.15) is 0 Å². The molecule has 2 aromatic rings. The first-order valence-electron chi connectivity index (χ1n) is 5.16. The lowest BCUT2D eigenvalue weighted by Gasteiger charge is -2.08. The van der Waals surface area contributed by atoms with Crippen molar-refractivity contribution in [2.45, 2.75) is 0 Å². The minimum atomic E-state index is -0.340. The molecule has 0 unspecified atom stereocenters. The van der Waals surface area contributed by atoms with E-state index in [-0.39, 0.29) is 12.5 Å². The Morgan fingerprint density at radius 2 is 2.24 bits per heavy atom. The first-order valence-corrected chi connectivity index (χ1v) is 5.16. The van der Waals surface area contributed by atoms with E-state index >= 15 is 0 Å². The summed E-state index contributed by atoms with van der Waals surface area (Å²) in [5, 5.41) is 4.72. The number of nitrogens with zero attached hydrogens (tertiary/aromatic N) is 1. The predicted octanol–water partition coefficient (Wildman–Crippen LogP) is 1.40. The van der Waals surface area contributed by atoms with Gasteiger partial charge in [0.05, 0.1) is 7.11 Å². The zero-order valence-corrected chi connectivity index (χ0v) is 9.43. The third kappa shape index (κ3) is 2.28. The molecule has 0 amide bonds. The molecule has 88 valence electrons. The number of carbonyl (C=O) groups excluding carboxylic acids is 1. The molecule has 0 fully saturated rings. The summed E-state index contributed by atoms with van der Waals surface area (Å²) in [6, 6.07) is 7.42. The van der Waals surface area contributed by atoms with E-state index in [4.69, 9.17) is 5.73 Å². The molecule has 5 heteroatoms. The van der Waals surface area contributed by atoms with Gasteiger partial charge in [-0.3, -0.25) is 4.79 Å². The Hall–Kier alpha value is -2.30. The Kier molecular flexibility index (Phi) is 3.09. The van der Waals surface area contributed by atoms with Gasteiger partial charge in [-0.15, -0.1) is 0 Å². The summed E-state index contributed by atoms with van der Waals surface area (Å²) in [5.41, 5.74) is 6.55. The van der Waals surface area contributed by atoms with Crippen molar-refractivity contribution in [1.82, 2.24) is 4.98 Å². The minimum Gasteiger partial charge on any atom is -0.468 e. The number of anilines is 2. The SMILES string of the molecule is COC(=O)CNc1nccc2c(N)cccc12. The van der Waals surface area contributed by atoms with E-state index in [1.165, 1.54) is 7.11 Å². The molecule has 0 radical (unpaired) electrons. The number of pyridine rings is 1. The number of hydrogen-bond acceptors (Lipinski definition) is 5. The molecule has 0 bridgehead atoms. The topological polar surface area (TPSA) is 77.2 Å². The van der Waals surface area contributed by atoms with Crippen LogP contribution in [0.1, 0.15) is 0 Å². The van der Waals surface area contributed by atoms with E-state index in [1.54, 1.807) is 6.20 Å². The third-order valence-corrected chi connectivity index (χ3v) is 2.47. The molecule has 17 heavy (non-hydrogen) atoms. The number of hydrogen-bond donors (Lipinski definition) is 2. The zero-order valence-electron chi connectivity index (χ0n) is 9.43. The fourth-order valence-corrected chi connectivity index (χ4v) is 1.60. The van der Waals surface area contributed by atoms with E-state index < -0.39 is 0 Å². The van der Waals surface area contributed by atoms with Gasteiger partial charge in [0.1, 0.15) is 12.4 Å². The number of methoxy groups -OCH3 is 1. The quantitative estimate of drug-likeness (QED) is 0.616. The second-order valence-electron chi connectivity index (χ2n) is 3.53. The molecule has 0 aliphatic heterocycles. The van der Waals surface area contributed by atoms with E-state index in [2.05, 4.69) is 15.0 Å². The van der Waals surface area contributed by atoms with Crippen LogP contribution in [-0.4, -0.2) is 24.6 Å². The van der Waals surface area contributed by atoms with Gasteiger partial charge in [-0.05, 0) is 12.1 Å². The Morgan fingerprint density at radius 1 is 1.41 bits per heavy atom. The maximum absolute atomic E-state index is 11.1. The molecular weight excluding hydrogens is 218 g/mol. The van der Waals surface area contributed by atoms with Crippen molar-refractivity contribution in [3.63, 3.8) is 0 Å². The molecule has 0 atom stereocenters. The van der Waals surface area contributed by atoms with E-state index in [0.717, 1.165) is 10.8 Å². The van der Waals surface area contributed by atoms with Crippen LogP contribution < -0.4 is 11.1 Å². The monoisotopic (exact) mass is 231 g/mol. The van der Waals surface area contributed by atoms with Gasteiger partial charge in [0, 0.05) is 22.7 Å². The molecule has 3 N–H and O–H groups in total. The van der Waals surface area contributed by atoms with Crippen LogP contribution >= 0.6 is 0 Å². The molecule has 1 aromatic heterocycles. The Labute approximate surface area is 98.6 Å². The number of ether oxygens (including phenoxy) is 1. The predicted molar refractivity (Wildman–Crippen MR) is 66.7 cm³/mol. The fourth-order valence-electron chi connectivity index (χ4n) is 1.60. The van der Waals surface area contributed by atoms with Crippen molar-refractivity contribution >= 4 is 28.2 Å². The highest BCUT2D eigenvalue weighted by atomic mass is 16.5. The Morgan fingerprint density at radius 3 is 3.00 bits per heavy atom. The number of benzene rings is 1. The molecule has 5 nitrogen and oxygen atoms in total. The Bertz CT molecular complexity index is 554. The van der Waals surface area contributed by atoms with Crippen molar-refractivity contribution < 1.29 is 9.53 Å². The van der Waals surface area contributed by atoms with Crippen LogP contribution in [0, 0.1) is 0 Å². The largest absolute Gasteiger partial charge is 0.468 e. The highest BCUT2D eigenvalue weighted by Gasteiger charge is 2.06. The van der Waals surface area contributed by atoms with Crippen LogP contribution in [-0.2, 0) is 9.53 Å². The molecule has 2 rings (SSSR count). The highest BCUT2D eigenvalue weighted by Crippen LogP contribution is 2.25. The van der Waals surface area contributed by atoms with Crippen LogP contribution in [0.15, 0.2) is 30.5 Å². The zero-order chi connectivity index (χ0) is 12.3. The number of aromatic nitrogens is 1. The van der Waals surface area contributed by atoms with Crippen LogP contribution in [0.5, 0.6) is 0 Å². The summed E-state index contributed by atoms with van der Waals surface area (Å²) in [5.74, 6) is 0.285. The number of nitrogens with two attached hydrogens (primary N) is 1. The standard InChI is InChI=1S/C12H13N3O2/c1-17-11(16)7-15-12-9-3-2-4-10(13)8(9)5-6-14-12/h2-6H,7,13H2,1H3,(H,14,15). The maximum atomic E-state index is 11.1. The summed E-state index contributed by atoms with van der Waals surface area (Å²) in [4.78, 5) is 15.2. The summed E-state index contributed by atoms with van der Waals surface area (Å²) in [6.07, 6.45) is 1.65. The van der Waals surface area contributed by atoms with E-state index in [9.17, 15) is 4.79 Å². The fraction of sp³-hybridized carbons (Fsp3) is 0.167. The maximum Gasteiger partial charge on any atom is 0.325 e. The molecule has 1 heterocycles.